The average Bonchev–Trinajstić information content (AvgIpc) is 2.92. The molecule has 3 aromatic rings. The highest BCUT2D eigenvalue weighted by molar-refractivity contribution is 6.06. The fourth-order valence-electron chi connectivity index (χ4n) is 3.03. The van der Waals surface area contributed by atoms with Gasteiger partial charge in [-0.1, -0.05) is 45.0 Å². The Morgan fingerprint density at radius 3 is 2.36 bits per heavy atom. The number of ether oxygens (including phenoxy) is 1. The van der Waals surface area contributed by atoms with E-state index in [1.807, 2.05) is 29.0 Å². The third-order valence-electron chi connectivity index (χ3n) is 4.53. The number of nitrogens with zero attached hydrogens (tertiary/aromatic N) is 1. The Labute approximate surface area is 148 Å². The molecule has 0 atom stereocenters. The van der Waals surface area contributed by atoms with Crippen molar-refractivity contribution in [1.82, 2.24) is 4.57 Å². The van der Waals surface area contributed by atoms with Crippen LogP contribution in [0.2, 0.25) is 0 Å². The lowest BCUT2D eigenvalue weighted by atomic mass is 9.87. The van der Waals surface area contributed by atoms with Gasteiger partial charge in [0.2, 0.25) is 0 Å². The van der Waals surface area contributed by atoms with Gasteiger partial charge >= 0.3 is 0 Å². The molecule has 0 aliphatic carbocycles. The average molecular weight is 336 g/mol. The van der Waals surface area contributed by atoms with Crippen LogP contribution in [-0.2, 0) is 12.0 Å². The molecule has 4 heteroatoms. The first-order valence-corrected chi connectivity index (χ1v) is 8.35. The number of carbonyl (C=O) groups excluding carboxylic acids is 1. The highest BCUT2D eigenvalue weighted by atomic mass is 16.5. The fourth-order valence-corrected chi connectivity index (χ4v) is 3.03. The first-order valence-electron chi connectivity index (χ1n) is 8.35. The number of methoxy groups -OCH3 is 1. The first kappa shape index (κ1) is 17.1. The Bertz CT molecular complexity index is 915. The lowest BCUT2D eigenvalue weighted by molar-refractivity contribution is 0.100. The predicted octanol–water partition coefficient (Wildman–Crippen LogP) is 4.09. The number of rotatable bonds is 4. The molecule has 2 N–H and O–H groups in total. The summed E-state index contributed by atoms with van der Waals surface area (Å²) < 4.78 is 7.37. The van der Waals surface area contributed by atoms with Crippen LogP contribution in [-0.4, -0.2) is 17.6 Å². The molecule has 25 heavy (non-hydrogen) atoms. The minimum absolute atomic E-state index is 0.130. The van der Waals surface area contributed by atoms with Crippen molar-refractivity contribution in [3.05, 3.63) is 65.4 Å². The van der Waals surface area contributed by atoms with Crippen LogP contribution in [0, 0.1) is 0 Å². The molecule has 3 rings (SSSR count). The van der Waals surface area contributed by atoms with Gasteiger partial charge in [0.05, 0.1) is 18.2 Å². The molecule has 130 valence electrons. The number of primary amides is 1. The minimum atomic E-state index is -0.419. The van der Waals surface area contributed by atoms with Crippen molar-refractivity contribution < 1.29 is 9.53 Å². The first-order chi connectivity index (χ1) is 11.8. The summed E-state index contributed by atoms with van der Waals surface area (Å²) in [4.78, 5) is 11.8. The number of hydrogen-bond donors (Lipinski definition) is 1. The summed E-state index contributed by atoms with van der Waals surface area (Å²) in [5.74, 6) is 0.336. The van der Waals surface area contributed by atoms with E-state index in [0.717, 1.165) is 16.7 Å². The van der Waals surface area contributed by atoms with Gasteiger partial charge in [-0.05, 0) is 28.7 Å². The number of carbonyl (C=O) groups is 1. The zero-order valence-electron chi connectivity index (χ0n) is 15.2. The van der Waals surface area contributed by atoms with E-state index in [2.05, 4.69) is 45.0 Å². The largest absolute Gasteiger partial charge is 0.497 e. The highest BCUT2D eigenvalue weighted by Crippen LogP contribution is 2.27. The van der Waals surface area contributed by atoms with E-state index in [9.17, 15) is 4.79 Å². The lowest BCUT2D eigenvalue weighted by Gasteiger charge is -2.19. The van der Waals surface area contributed by atoms with Crippen LogP contribution < -0.4 is 10.5 Å². The van der Waals surface area contributed by atoms with Crippen LogP contribution >= 0.6 is 0 Å². The maximum Gasteiger partial charge on any atom is 0.250 e. The second-order valence-corrected chi connectivity index (χ2v) is 7.36. The van der Waals surface area contributed by atoms with Crippen LogP contribution in [0.4, 0.5) is 0 Å². The van der Waals surface area contributed by atoms with E-state index in [-0.39, 0.29) is 5.41 Å². The smallest absolute Gasteiger partial charge is 0.250 e. The molecule has 1 amide bonds. The monoisotopic (exact) mass is 336 g/mol. The minimum Gasteiger partial charge on any atom is -0.497 e. The van der Waals surface area contributed by atoms with Crippen LogP contribution in [0.1, 0.15) is 42.3 Å². The molecule has 0 fully saturated rings. The second kappa shape index (κ2) is 6.28. The Morgan fingerprint density at radius 2 is 1.80 bits per heavy atom. The zero-order chi connectivity index (χ0) is 18.2. The molecule has 0 spiro atoms. The maximum absolute atomic E-state index is 11.8. The molecule has 0 saturated heterocycles. The van der Waals surface area contributed by atoms with Gasteiger partial charge < -0.3 is 15.0 Å². The Balaban J connectivity index is 2.02. The van der Waals surface area contributed by atoms with Crippen molar-refractivity contribution in [3.63, 3.8) is 0 Å². The van der Waals surface area contributed by atoms with E-state index in [1.165, 1.54) is 11.1 Å². The Hall–Kier alpha value is -2.75. The molecule has 0 bridgehead atoms. The summed E-state index contributed by atoms with van der Waals surface area (Å²) in [6.07, 6.45) is 1.82. The van der Waals surface area contributed by atoms with E-state index < -0.39 is 5.91 Å². The second-order valence-electron chi connectivity index (χ2n) is 7.36. The topological polar surface area (TPSA) is 57.2 Å². The number of aromatic nitrogens is 1. The third kappa shape index (κ3) is 3.38. The van der Waals surface area contributed by atoms with Gasteiger partial charge in [0.1, 0.15) is 5.75 Å². The van der Waals surface area contributed by atoms with Gasteiger partial charge in [-0.15, -0.1) is 0 Å². The van der Waals surface area contributed by atoms with Gasteiger partial charge in [-0.3, -0.25) is 4.79 Å². The summed E-state index contributed by atoms with van der Waals surface area (Å²) in [5, 5.41) is 0.847. The molecule has 4 nitrogen and oxygen atoms in total. The van der Waals surface area contributed by atoms with Gasteiger partial charge in [-0.25, -0.2) is 0 Å². The zero-order valence-corrected chi connectivity index (χ0v) is 15.2. The molecule has 1 aromatic heterocycles. The van der Waals surface area contributed by atoms with E-state index in [4.69, 9.17) is 10.5 Å². The summed E-state index contributed by atoms with van der Waals surface area (Å²) in [6.45, 7) is 7.27. The molecule has 2 aromatic carbocycles. The summed E-state index contributed by atoms with van der Waals surface area (Å²) in [6, 6.07) is 14.3. The van der Waals surface area contributed by atoms with Crippen molar-refractivity contribution in [2.24, 2.45) is 5.73 Å². The van der Waals surface area contributed by atoms with Gasteiger partial charge in [0.25, 0.3) is 5.91 Å². The number of hydrogen-bond acceptors (Lipinski definition) is 2. The standard InChI is InChI=1S/C21H24N2O2/c1-21(2,3)15-7-5-14(6-8-15)12-23-13-18(20(22)24)17-10-9-16(25-4)11-19(17)23/h5-11,13H,12H2,1-4H3,(H2,22,24). The van der Waals surface area contributed by atoms with Crippen molar-refractivity contribution in [3.8, 4) is 5.75 Å². The molecular weight excluding hydrogens is 312 g/mol. The summed E-state index contributed by atoms with van der Waals surface area (Å²) >= 11 is 0. The van der Waals surface area contributed by atoms with Gasteiger partial charge in [-0.2, -0.15) is 0 Å². The number of nitrogens with two attached hydrogens (primary N) is 1. The highest BCUT2D eigenvalue weighted by Gasteiger charge is 2.15. The van der Waals surface area contributed by atoms with Crippen molar-refractivity contribution in [2.45, 2.75) is 32.7 Å². The van der Waals surface area contributed by atoms with E-state index in [0.29, 0.717) is 12.1 Å². The van der Waals surface area contributed by atoms with Gasteiger partial charge in [0.15, 0.2) is 0 Å². The Morgan fingerprint density at radius 1 is 1.12 bits per heavy atom. The quantitative estimate of drug-likeness (QED) is 0.780. The lowest BCUT2D eigenvalue weighted by Crippen LogP contribution is -2.11. The summed E-state index contributed by atoms with van der Waals surface area (Å²) in [7, 11) is 1.63. The molecule has 0 unspecified atom stereocenters. The molecule has 1 heterocycles. The molecular formula is C21H24N2O2. The SMILES string of the molecule is COc1ccc2c(C(N)=O)cn(Cc3ccc(C(C)(C)C)cc3)c2c1. The Kier molecular flexibility index (Phi) is 4.29. The number of fused-ring (bicyclic) bond motifs is 1. The van der Waals surface area contributed by atoms with Crippen LogP contribution in [0.3, 0.4) is 0 Å². The molecule has 0 aliphatic heterocycles. The van der Waals surface area contributed by atoms with Gasteiger partial charge in [0, 0.05) is 24.2 Å². The van der Waals surface area contributed by atoms with E-state index in [1.54, 1.807) is 7.11 Å². The maximum atomic E-state index is 11.8. The van der Waals surface area contributed by atoms with Crippen molar-refractivity contribution >= 4 is 16.8 Å². The van der Waals surface area contributed by atoms with Crippen LogP contribution in [0.25, 0.3) is 10.9 Å². The van der Waals surface area contributed by atoms with E-state index >= 15 is 0 Å². The number of amides is 1. The van der Waals surface area contributed by atoms with Crippen molar-refractivity contribution in [2.75, 3.05) is 7.11 Å². The molecule has 0 aliphatic rings. The molecule has 0 radical (unpaired) electrons. The fraction of sp³-hybridized carbons (Fsp3) is 0.286. The van der Waals surface area contributed by atoms with Crippen molar-refractivity contribution in [1.29, 1.82) is 0 Å². The summed E-state index contributed by atoms with van der Waals surface area (Å²) in [5.41, 5.74) is 9.61. The number of benzene rings is 2. The van der Waals surface area contributed by atoms with Crippen LogP contribution in [0.15, 0.2) is 48.7 Å². The predicted molar refractivity (Wildman–Crippen MR) is 101 cm³/mol. The van der Waals surface area contributed by atoms with Crippen LogP contribution in [0.5, 0.6) is 5.75 Å². The normalized spacial score (nSPS) is 11.7. The third-order valence-corrected chi connectivity index (χ3v) is 4.53. The molecule has 0 saturated carbocycles.